The molecule has 0 aromatic heterocycles. The standard InChI is InChI=1S/C15H20FNO3/c16-12-5-7-13(8-6-12)20-10-15(19)17-9-14(18)11-3-1-2-4-11/h5-8,11,14,18H,1-4,9-10H2,(H,17,19). The van der Waals surface area contributed by atoms with E-state index in [4.69, 9.17) is 4.74 Å². The molecule has 0 spiro atoms. The molecule has 2 N–H and O–H groups in total. The minimum atomic E-state index is -0.479. The van der Waals surface area contributed by atoms with E-state index in [9.17, 15) is 14.3 Å². The summed E-state index contributed by atoms with van der Waals surface area (Å²) in [5, 5.41) is 12.6. The van der Waals surface area contributed by atoms with Crippen LogP contribution in [0.1, 0.15) is 25.7 Å². The van der Waals surface area contributed by atoms with Crippen molar-refractivity contribution in [3.8, 4) is 5.75 Å². The van der Waals surface area contributed by atoms with Gasteiger partial charge in [0.2, 0.25) is 0 Å². The summed E-state index contributed by atoms with van der Waals surface area (Å²) in [6, 6.07) is 5.49. The smallest absolute Gasteiger partial charge is 0.258 e. The van der Waals surface area contributed by atoms with E-state index in [0.29, 0.717) is 11.7 Å². The van der Waals surface area contributed by atoms with Gasteiger partial charge < -0.3 is 15.2 Å². The summed E-state index contributed by atoms with van der Waals surface area (Å²) in [7, 11) is 0. The van der Waals surface area contributed by atoms with Gasteiger partial charge in [-0.2, -0.15) is 0 Å². The minimum Gasteiger partial charge on any atom is -0.484 e. The molecule has 4 nitrogen and oxygen atoms in total. The summed E-state index contributed by atoms with van der Waals surface area (Å²) in [6.45, 7) is 0.124. The van der Waals surface area contributed by atoms with E-state index in [1.807, 2.05) is 0 Å². The first-order valence-corrected chi connectivity index (χ1v) is 6.98. The largest absolute Gasteiger partial charge is 0.484 e. The lowest BCUT2D eigenvalue weighted by molar-refractivity contribution is -0.123. The molecule has 1 aromatic rings. The lowest BCUT2D eigenvalue weighted by Crippen LogP contribution is -2.37. The Hall–Kier alpha value is -1.62. The van der Waals surface area contributed by atoms with Crippen LogP contribution in [0, 0.1) is 11.7 Å². The fraction of sp³-hybridized carbons (Fsp3) is 0.533. The molecule has 1 saturated carbocycles. The quantitative estimate of drug-likeness (QED) is 0.837. The lowest BCUT2D eigenvalue weighted by atomic mass is 10.0. The van der Waals surface area contributed by atoms with Crippen LogP contribution in [-0.4, -0.2) is 30.3 Å². The highest BCUT2D eigenvalue weighted by Gasteiger charge is 2.23. The molecule has 0 heterocycles. The number of hydrogen-bond donors (Lipinski definition) is 2. The maximum atomic E-state index is 12.7. The molecule has 0 saturated heterocycles. The lowest BCUT2D eigenvalue weighted by Gasteiger charge is -2.18. The summed E-state index contributed by atoms with van der Waals surface area (Å²) in [5.74, 6) is 0.110. The molecule has 0 aliphatic heterocycles. The van der Waals surface area contributed by atoms with Crippen LogP contribution < -0.4 is 10.1 Å². The van der Waals surface area contributed by atoms with Crippen LogP contribution in [0.15, 0.2) is 24.3 Å². The number of carbonyl (C=O) groups is 1. The first kappa shape index (κ1) is 14.8. The van der Waals surface area contributed by atoms with Crippen molar-refractivity contribution < 1.29 is 19.0 Å². The van der Waals surface area contributed by atoms with Gasteiger partial charge in [-0.1, -0.05) is 12.8 Å². The molecular formula is C15H20FNO3. The number of hydrogen-bond acceptors (Lipinski definition) is 3. The zero-order chi connectivity index (χ0) is 14.4. The van der Waals surface area contributed by atoms with Crippen LogP contribution in [-0.2, 0) is 4.79 Å². The van der Waals surface area contributed by atoms with Crippen molar-refractivity contribution in [2.24, 2.45) is 5.92 Å². The molecule has 5 heteroatoms. The summed E-state index contributed by atoms with van der Waals surface area (Å²) < 4.78 is 17.9. The Morgan fingerprint density at radius 2 is 2.00 bits per heavy atom. The third kappa shape index (κ3) is 4.49. The van der Waals surface area contributed by atoms with Crippen molar-refractivity contribution in [2.75, 3.05) is 13.2 Å². The Morgan fingerprint density at radius 1 is 1.35 bits per heavy atom. The van der Waals surface area contributed by atoms with Crippen molar-refractivity contribution in [3.63, 3.8) is 0 Å². The number of nitrogens with one attached hydrogen (secondary N) is 1. The number of rotatable bonds is 6. The van der Waals surface area contributed by atoms with Gasteiger partial charge in [-0.3, -0.25) is 4.79 Å². The number of aliphatic hydroxyl groups excluding tert-OH is 1. The van der Waals surface area contributed by atoms with Gasteiger partial charge in [-0.25, -0.2) is 4.39 Å². The minimum absolute atomic E-state index is 0.136. The summed E-state index contributed by atoms with van der Waals surface area (Å²) >= 11 is 0. The zero-order valence-corrected chi connectivity index (χ0v) is 11.3. The monoisotopic (exact) mass is 281 g/mol. The molecule has 2 rings (SSSR count). The van der Waals surface area contributed by atoms with E-state index >= 15 is 0 Å². The molecule has 110 valence electrons. The molecule has 0 bridgehead atoms. The fourth-order valence-corrected chi connectivity index (χ4v) is 2.46. The van der Waals surface area contributed by atoms with Crippen molar-refractivity contribution in [1.29, 1.82) is 0 Å². The Kier molecular flexibility index (Phi) is 5.35. The molecule has 1 unspecified atom stereocenters. The predicted molar refractivity (Wildman–Crippen MR) is 72.9 cm³/mol. The average molecular weight is 281 g/mol. The predicted octanol–water partition coefficient (Wildman–Crippen LogP) is 1.87. The van der Waals surface area contributed by atoms with E-state index in [0.717, 1.165) is 25.7 Å². The second-order valence-corrected chi connectivity index (χ2v) is 5.16. The fourth-order valence-electron chi connectivity index (χ4n) is 2.46. The van der Waals surface area contributed by atoms with Gasteiger partial charge >= 0.3 is 0 Å². The first-order chi connectivity index (χ1) is 9.65. The summed E-state index contributed by atoms with van der Waals surface area (Å²) in [4.78, 5) is 11.6. The third-order valence-electron chi connectivity index (χ3n) is 3.64. The van der Waals surface area contributed by atoms with Crippen molar-refractivity contribution in [3.05, 3.63) is 30.1 Å². The highest BCUT2D eigenvalue weighted by molar-refractivity contribution is 5.77. The van der Waals surface area contributed by atoms with Gasteiger partial charge in [0.25, 0.3) is 5.91 Å². The van der Waals surface area contributed by atoms with Crippen molar-refractivity contribution in [2.45, 2.75) is 31.8 Å². The van der Waals surface area contributed by atoms with E-state index < -0.39 is 6.10 Å². The van der Waals surface area contributed by atoms with Crippen molar-refractivity contribution >= 4 is 5.91 Å². The van der Waals surface area contributed by atoms with E-state index in [-0.39, 0.29) is 24.9 Å². The number of ether oxygens (including phenoxy) is 1. The molecule has 1 fully saturated rings. The van der Waals surface area contributed by atoms with Gasteiger partial charge in [0.05, 0.1) is 6.10 Å². The van der Waals surface area contributed by atoms with Crippen LogP contribution in [0.3, 0.4) is 0 Å². The first-order valence-electron chi connectivity index (χ1n) is 6.98. The maximum Gasteiger partial charge on any atom is 0.258 e. The van der Waals surface area contributed by atoms with Crippen molar-refractivity contribution in [1.82, 2.24) is 5.32 Å². The maximum absolute atomic E-state index is 12.7. The Labute approximate surface area is 117 Å². The number of aliphatic hydroxyl groups is 1. The topological polar surface area (TPSA) is 58.6 Å². The Balaban J connectivity index is 1.66. The average Bonchev–Trinajstić information content (AvgIpc) is 2.98. The van der Waals surface area contributed by atoms with Crippen LogP contribution >= 0.6 is 0 Å². The van der Waals surface area contributed by atoms with Gasteiger partial charge in [0, 0.05) is 6.54 Å². The number of benzene rings is 1. The van der Waals surface area contributed by atoms with E-state index in [2.05, 4.69) is 5.32 Å². The number of halogens is 1. The third-order valence-corrected chi connectivity index (χ3v) is 3.64. The van der Waals surface area contributed by atoms with Gasteiger partial charge in [-0.15, -0.1) is 0 Å². The molecule has 1 aliphatic rings. The highest BCUT2D eigenvalue weighted by atomic mass is 19.1. The molecule has 1 amide bonds. The van der Waals surface area contributed by atoms with Crippen LogP contribution in [0.25, 0.3) is 0 Å². The van der Waals surface area contributed by atoms with Crippen LogP contribution in [0.5, 0.6) is 5.75 Å². The molecule has 0 radical (unpaired) electrons. The van der Waals surface area contributed by atoms with Gasteiger partial charge in [0.1, 0.15) is 11.6 Å². The summed E-state index contributed by atoms with van der Waals surface area (Å²) in [6.07, 6.45) is 3.89. The zero-order valence-electron chi connectivity index (χ0n) is 11.3. The second kappa shape index (κ2) is 7.24. The van der Waals surface area contributed by atoms with E-state index in [1.54, 1.807) is 0 Å². The normalized spacial score (nSPS) is 16.9. The van der Waals surface area contributed by atoms with Gasteiger partial charge in [-0.05, 0) is 43.0 Å². The molecule has 20 heavy (non-hydrogen) atoms. The van der Waals surface area contributed by atoms with Crippen LogP contribution in [0.4, 0.5) is 4.39 Å². The second-order valence-electron chi connectivity index (χ2n) is 5.16. The SMILES string of the molecule is O=C(COc1ccc(F)cc1)NCC(O)C1CCCC1. The molecule has 1 aliphatic carbocycles. The Morgan fingerprint density at radius 3 is 2.65 bits per heavy atom. The highest BCUT2D eigenvalue weighted by Crippen LogP contribution is 2.27. The van der Waals surface area contributed by atoms with Crippen LogP contribution in [0.2, 0.25) is 0 Å². The molecule has 1 aromatic carbocycles. The van der Waals surface area contributed by atoms with Gasteiger partial charge in [0.15, 0.2) is 6.61 Å². The molecular weight excluding hydrogens is 261 g/mol. The Bertz CT molecular complexity index is 429. The van der Waals surface area contributed by atoms with E-state index in [1.165, 1.54) is 24.3 Å². The number of carbonyl (C=O) groups excluding carboxylic acids is 1. The number of amides is 1. The molecule has 1 atom stereocenters. The summed E-state index contributed by atoms with van der Waals surface area (Å²) in [5.41, 5.74) is 0.